The SMILES string of the molecule is CCN(C)C(=O)CNC(=O)c1cc(C#CCN)ccc1F. The highest BCUT2D eigenvalue weighted by Gasteiger charge is 2.14. The predicted octanol–water partition coefficient (Wildman–Crippen LogP) is 0.344. The van der Waals surface area contributed by atoms with Gasteiger partial charge < -0.3 is 16.0 Å². The maximum atomic E-state index is 13.7. The second kappa shape index (κ2) is 8.02. The highest BCUT2D eigenvalue weighted by atomic mass is 19.1. The van der Waals surface area contributed by atoms with Gasteiger partial charge in [-0.3, -0.25) is 9.59 Å². The van der Waals surface area contributed by atoms with E-state index in [0.717, 1.165) is 6.07 Å². The van der Waals surface area contributed by atoms with Crippen molar-refractivity contribution >= 4 is 11.8 Å². The Bertz CT molecular complexity index is 590. The van der Waals surface area contributed by atoms with Crippen LogP contribution in [0.15, 0.2) is 18.2 Å². The smallest absolute Gasteiger partial charge is 0.254 e. The van der Waals surface area contributed by atoms with Gasteiger partial charge in [0.2, 0.25) is 5.91 Å². The molecule has 1 rings (SSSR count). The molecule has 1 aromatic carbocycles. The molecule has 0 aromatic heterocycles. The number of likely N-dealkylation sites (N-methyl/N-ethyl adjacent to an activating group) is 1. The van der Waals surface area contributed by atoms with Crippen molar-refractivity contribution in [2.45, 2.75) is 6.92 Å². The summed E-state index contributed by atoms with van der Waals surface area (Å²) in [5.41, 5.74) is 5.60. The topological polar surface area (TPSA) is 75.4 Å². The summed E-state index contributed by atoms with van der Waals surface area (Å²) < 4.78 is 13.7. The third kappa shape index (κ3) is 4.89. The summed E-state index contributed by atoms with van der Waals surface area (Å²) in [6.45, 7) is 2.35. The van der Waals surface area contributed by atoms with Crippen LogP contribution in [-0.4, -0.2) is 43.4 Å². The summed E-state index contributed by atoms with van der Waals surface area (Å²) in [5.74, 6) is 3.79. The molecule has 0 fully saturated rings. The van der Waals surface area contributed by atoms with Crippen molar-refractivity contribution in [3.8, 4) is 11.8 Å². The van der Waals surface area contributed by atoms with Crippen LogP contribution in [0.2, 0.25) is 0 Å². The Labute approximate surface area is 123 Å². The molecule has 3 N–H and O–H groups in total. The van der Waals surface area contributed by atoms with E-state index < -0.39 is 11.7 Å². The van der Waals surface area contributed by atoms with Gasteiger partial charge in [0.25, 0.3) is 5.91 Å². The molecular formula is C15H18FN3O2. The van der Waals surface area contributed by atoms with Crippen LogP contribution in [0.4, 0.5) is 4.39 Å². The molecule has 2 amide bonds. The Kier molecular flexibility index (Phi) is 6.37. The lowest BCUT2D eigenvalue weighted by molar-refractivity contribution is -0.128. The average Bonchev–Trinajstić information content (AvgIpc) is 2.50. The fourth-order valence-corrected chi connectivity index (χ4v) is 1.49. The van der Waals surface area contributed by atoms with Gasteiger partial charge in [-0.2, -0.15) is 0 Å². The number of amides is 2. The molecule has 0 bridgehead atoms. The third-order valence-corrected chi connectivity index (χ3v) is 2.85. The summed E-state index contributed by atoms with van der Waals surface area (Å²) in [6, 6.07) is 3.96. The number of carbonyl (C=O) groups excluding carboxylic acids is 2. The van der Waals surface area contributed by atoms with E-state index in [1.807, 2.05) is 6.92 Å². The highest BCUT2D eigenvalue weighted by molar-refractivity contribution is 5.97. The van der Waals surface area contributed by atoms with Gasteiger partial charge in [0.1, 0.15) is 5.82 Å². The zero-order valence-corrected chi connectivity index (χ0v) is 12.1. The van der Waals surface area contributed by atoms with E-state index in [1.165, 1.54) is 17.0 Å². The molecule has 5 nitrogen and oxygen atoms in total. The fourth-order valence-electron chi connectivity index (χ4n) is 1.49. The van der Waals surface area contributed by atoms with E-state index >= 15 is 0 Å². The van der Waals surface area contributed by atoms with Crippen molar-refractivity contribution in [3.05, 3.63) is 35.1 Å². The van der Waals surface area contributed by atoms with Gasteiger partial charge in [-0.05, 0) is 25.1 Å². The minimum Gasteiger partial charge on any atom is -0.345 e. The van der Waals surface area contributed by atoms with Gasteiger partial charge in [0.05, 0.1) is 18.7 Å². The van der Waals surface area contributed by atoms with E-state index in [-0.39, 0.29) is 24.6 Å². The van der Waals surface area contributed by atoms with Crippen LogP contribution in [0, 0.1) is 17.7 Å². The molecule has 112 valence electrons. The summed E-state index contributed by atoms with van der Waals surface area (Å²) in [5, 5.41) is 2.40. The molecule has 0 radical (unpaired) electrons. The van der Waals surface area contributed by atoms with Gasteiger partial charge in [-0.1, -0.05) is 11.8 Å². The Morgan fingerprint density at radius 3 is 2.76 bits per heavy atom. The van der Waals surface area contributed by atoms with Crippen molar-refractivity contribution in [2.75, 3.05) is 26.7 Å². The molecule has 0 aliphatic carbocycles. The van der Waals surface area contributed by atoms with Crippen LogP contribution in [-0.2, 0) is 4.79 Å². The maximum absolute atomic E-state index is 13.7. The molecule has 0 heterocycles. The van der Waals surface area contributed by atoms with E-state index in [2.05, 4.69) is 17.2 Å². The van der Waals surface area contributed by atoms with E-state index in [1.54, 1.807) is 7.05 Å². The molecular weight excluding hydrogens is 273 g/mol. The highest BCUT2D eigenvalue weighted by Crippen LogP contribution is 2.10. The average molecular weight is 291 g/mol. The number of hydrogen-bond donors (Lipinski definition) is 2. The number of hydrogen-bond acceptors (Lipinski definition) is 3. The predicted molar refractivity (Wildman–Crippen MR) is 78.0 cm³/mol. The summed E-state index contributed by atoms with van der Waals surface area (Å²) >= 11 is 0. The largest absolute Gasteiger partial charge is 0.345 e. The van der Waals surface area contributed by atoms with Crippen LogP contribution >= 0.6 is 0 Å². The lowest BCUT2D eigenvalue weighted by atomic mass is 10.1. The van der Waals surface area contributed by atoms with Gasteiger partial charge in [-0.15, -0.1) is 0 Å². The van der Waals surface area contributed by atoms with E-state index in [4.69, 9.17) is 5.73 Å². The molecule has 21 heavy (non-hydrogen) atoms. The lowest BCUT2D eigenvalue weighted by Crippen LogP contribution is -2.38. The van der Waals surface area contributed by atoms with Gasteiger partial charge in [0, 0.05) is 19.2 Å². The normalized spacial score (nSPS) is 9.52. The first-order valence-corrected chi connectivity index (χ1v) is 6.50. The van der Waals surface area contributed by atoms with Crippen molar-refractivity contribution in [1.82, 2.24) is 10.2 Å². The Hall–Kier alpha value is -2.39. The Morgan fingerprint density at radius 1 is 1.43 bits per heavy atom. The molecule has 0 aliphatic heterocycles. The number of nitrogens with zero attached hydrogens (tertiary/aromatic N) is 1. The lowest BCUT2D eigenvalue weighted by Gasteiger charge is -2.14. The van der Waals surface area contributed by atoms with Gasteiger partial charge in [-0.25, -0.2) is 4.39 Å². The standard InChI is InChI=1S/C15H18FN3O2/c1-3-19(2)14(20)10-18-15(21)12-9-11(5-4-8-17)6-7-13(12)16/h6-7,9H,3,8,10,17H2,1-2H3,(H,18,21). The Balaban J connectivity index is 2.80. The van der Waals surface area contributed by atoms with Crippen LogP contribution in [0.3, 0.4) is 0 Å². The quantitative estimate of drug-likeness (QED) is 0.786. The number of nitrogens with two attached hydrogens (primary N) is 1. The molecule has 0 unspecified atom stereocenters. The number of benzene rings is 1. The number of rotatable bonds is 4. The third-order valence-electron chi connectivity index (χ3n) is 2.85. The maximum Gasteiger partial charge on any atom is 0.254 e. The van der Waals surface area contributed by atoms with Crippen molar-refractivity contribution in [2.24, 2.45) is 5.73 Å². The zero-order valence-electron chi connectivity index (χ0n) is 12.1. The monoisotopic (exact) mass is 291 g/mol. The number of halogens is 1. The number of carbonyl (C=O) groups is 2. The summed E-state index contributed by atoms with van der Waals surface area (Å²) in [4.78, 5) is 25.0. The molecule has 0 saturated carbocycles. The van der Waals surface area contributed by atoms with Crippen molar-refractivity contribution in [1.29, 1.82) is 0 Å². The molecule has 0 spiro atoms. The summed E-state index contributed by atoms with van der Waals surface area (Å²) in [6.07, 6.45) is 0. The van der Waals surface area contributed by atoms with E-state index in [0.29, 0.717) is 12.1 Å². The van der Waals surface area contributed by atoms with Crippen LogP contribution in [0.5, 0.6) is 0 Å². The van der Waals surface area contributed by atoms with Crippen LogP contribution in [0.25, 0.3) is 0 Å². The molecule has 0 aliphatic rings. The molecule has 1 aromatic rings. The van der Waals surface area contributed by atoms with Crippen molar-refractivity contribution in [3.63, 3.8) is 0 Å². The zero-order chi connectivity index (χ0) is 15.8. The van der Waals surface area contributed by atoms with Crippen LogP contribution in [0.1, 0.15) is 22.8 Å². The summed E-state index contributed by atoms with van der Waals surface area (Å²) in [7, 11) is 1.62. The first-order chi connectivity index (χ1) is 9.99. The fraction of sp³-hybridized carbons (Fsp3) is 0.333. The Morgan fingerprint density at radius 2 is 2.14 bits per heavy atom. The molecule has 0 atom stereocenters. The minimum atomic E-state index is -0.665. The molecule has 6 heteroatoms. The first kappa shape index (κ1) is 16.7. The number of nitrogens with one attached hydrogen (secondary N) is 1. The van der Waals surface area contributed by atoms with Gasteiger partial charge >= 0.3 is 0 Å². The second-order valence-corrected chi connectivity index (χ2v) is 4.29. The molecule has 0 saturated heterocycles. The second-order valence-electron chi connectivity index (χ2n) is 4.29. The minimum absolute atomic E-state index is 0.147. The van der Waals surface area contributed by atoms with Crippen LogP contribution < -0.4 is 11.1 Å². The van der Waals surface area contributed by atoms with Gasteiger partial charge in [0.15, 0.2) is 0 Å². The first-order valence-electron chi connectivity index (χ1n) is 6.50. The van der Waals surface area contributed by atoms with E-state index in [9.17, 15) is 14.0 Å². The van der Waals surface area contributed by atoms with Crippen molar-refractivity contribution < 1.29 is 14.0 Å².